The third-order valence-electron chi connectivity index (χ3n) is 3.04. The first-order chi connectivity index (χ1) is 8.82. The SMILES string of the molecule is CC(C)CC[C@@H](O)[C@@H](N)c1ccc(O)c([N+](=O)[O-])c1. The van der Waals surface area contributed by atoms with Gasteiger partial charge in [0.1, 0.15) is 0 Å². The largest absolute Gasteiger partial charge is 0.502 e. The number of rotatable bonds is 6. The fourth-order valence-corrected chi connectivity index (χ4v) is 1.80. The summed E-state index contributed by atoms with van der Waals surface area (Å²) >= 11 is 0. The summed E-state index contributed by atoms with van der Waals surface area (Å²) in [5.41, 5.74) is 5.94. The molecule has 0 bridgehead atoms. The van der Waals surface area contributed by atoms with Crippen LogP contribution in [0.3, 0.4) is 0 Å². The molecule has 0 spiro atoms. The van der Waals surface area contributed by atoms with Gasteiger partial charge < -0.3 is 15.9 Å². The molecule has 1 aromatic carbocycles. The van der Waals surface area contributed by atoms with Crippen molar-refractivity contribution in [1.29, 1.82) is 0 Å². The average molecular weight is 268 g/mol. The van der Waals surface area contributed by atoms with Crippen LogP contribution in [0.25, 0.3) is 0 Å². The molecule has 0 fully saturated rings. The van der Waals surface area contributed by atoms with Crippen molar-refractivity contribution in [3.8, 4) is 5.75 Å². The van der Waals surface area contributed by atoms with Gasteiger partial charge in [0, 0.05) is 6.07 Å². The summed E-state index contributed by atoms with van der Waals surface area (Å²) < 4.78 is 0. The van der Waals surface area contributed by atoms with Gasteiger partial charge in [-0.25, -0.2) is 0 Å². The lowest BCUT2D eigenvalue weighted by atomic mass is 9.95. The van der Waals surface area contributed by atoms with E-state index < -0.39 is 28.5 Å². The Morgan fingerprint density at radius 2 is 2.00 bits per heavy atom. The van der Waals surface area contributed by atoms with Crippen LogP contribution in [0.15, 0.2) is 18.2 Å². The maximum absolute atomic E-state index is 10.7. The molecule has 4 N–H and O–H groups in total. The fourth-order valence-electron chi connectivity index (χ4n) is 1.80. The highest BCUT2D eigenvalue weighted by molar-refractivity contribution is 5.48. The monoisotopic (exact) mass is 268 g/mol. The summed E-state index contributed by atoms with van der Waals surface area (Å²) in [7, 11) is 0. The van der Waals surface area contributed by atoms with Crippen LogP contribution in [0, 0.1) is 16.0 Å². The highest BCUT2D eigenvalue weighted by Gasteiger charge is 2.21. The third-order valence-corrected chi connectivity index (χ3v) is 3.04. The molecule has 2 atom stereocenters. The van der Waals surface area contributed by atoms with Crippen molar-refractivity contribution in [3.63, 3.8) is 0 Å². The van der Waals surface area contributed by atoms with Gasteiger partial charge in [-0.1, -0.05) is 19.9 Å². The molecule has 0 unspecified atom stereocenters. The van der Waals surface area contributed by atoms with Gasteiger partial charge >= 0.3 is 5.69 Å². The molecule has 0 aliphatic rings. The molecular weight excluding hydrogens is 248 g/mol. The lowest BCUT2D eigenvalue weighted by Gasteiger charge is -2.20. The molecule has 0 saturated heterocycles. The first-order valence-corrected chi connectivity index (χ1v) is 6.24. The number of nitrogens with two attached hydrogens (primary N) is 1. The van der Waals surface area contributed by atoms with Gasteiger partial charge in [0.25, 0.3) is 0 Å². The van der Waals surface area contributed by atoms with Crippen molar-refractivity contribution < 1.29 is 15.1 Å². The van der Waals surface area contributed by atoms with E-state index in [9.17, 15) is 20.3 Å². The number of aliphatic hydroxyl groups excluding tert-OH is 1. The molecule has 106 valence electrons. The third kappa shape index (κ3) is 4.18. The zero-order chi connectivity index (χ0) is 14.6. The number of phenols is 1. The van der Waals surface area contributed by atoms with E-state index in [1.54, 1.807) is 0 Å². The fraction of sp³-hybridized carbons (Fsp3) is 0.538. The Bertz CT molecular complexity index is 448. The van der Waals surface area contributed by atoms with Crippen molar-refractivity contribution in [2.24, 2.45) is 11.7 Å². The van der Waals surface area contributed by atoms with Crippen molar-refractivity contribution in [2.45, 2.75) is 38.8 Å². The van der Waals surface area contributed by atoms with E-state index in [0.29, 0.717) is 17.9 Å². The maximum Gasteiger partial charge on any atom is 0.311 e. The normalized spacial score (nSPS) is 14.4. The summed E-state index contributed by atoms with van der Waals surface area (Å²) in [6.45, 7) is 4.09. The van der Waals surface area contributed by atoms with Crippen LogP contribution in [-0.4, -0.2) is 21.2 Å². The number of aromatic hydroxyl groups is 1. The van der Waals surface area contributed by atoms with Crippen molar-refractivity contribution in [3.05, 3.63) is 33.9 Å². The Hall–Kier alpha value is -1.66. The first kappa shape index (κ1) is 15.4. The van der Waals surface area contributed by atoms with Gasteiger partial charge in [-0.05, 0) is 30.4 Å². The van der Waals surface area contributed by atoms with Crippen molar-refractivity contribution >= 4 is 5.69 Å². The summed E-state index contributed by atoms with van der Waals surface area (Å²) in [6.07, 6.45) is 0.606. The van der Waals surface area contributed by atoms with E-state index >= 15 is 0 Å². The minimum absolute atomic E-state index is 0.399. The predicted octanol–water partition coefficient (Wildman–Crippen LogP) is 2.10. The Labute approximate surface area is 112 Å². The second-order valence-electron chi connectivity index (χ2n) is 5.07. The maximum atomic E-state index is 10.7. The minimum atomic E-state index is -0.758. The molecule has 6 nitrogen and oxygen atoms in total. The van der Waals surface area contributed by atoms with Crippen LogP contribution in [0.4, 0.5) is 5.69 Å². The van der Waals surface area contributed by atoms with E-state index in [0.717, 1.165) is 6.42 Å². The van der Waals surface area contributed by atoms with E-state index in [2.05, 4.69) is 0 Å². The Balaban J connectivity index is 2.84. The van der Waals surface area contributed by atoms with E-state index in [1.807, 2.05) is 13.8 Å². The van der Waals surface area contributed by atoms with Gasteiger partial charge in [0.05, 0.1) is 17.1 Å². The molecule has 0 heterocycles. The second kappa shape index (κ2) is 6.49. The molecule has 1 rings (SSSR count). The lowest BCUT2D eigenvalue weighted by Crippen LogP contribution is -2.26. The van der Waals surface area contributed by atoms with Gasteiger partial charge in [0.15, 0.2) is 5.75 Å². The van der Waals surface area contributed by atoms with Crippen molar-refractivity contribution in [2.75, 3.05) is 0 Å². The molecule has 0 saturated carbocycles. The zero-order valence-electron chi connectivity index (χ0n) is 11.1. The molecule has 0 aliphatic heterocycles. The quantitative estimate of drug-likeness (QED) is 0.540. The molecule has 0 amide bonds. The van der Waals surface area contributed by atoms with E-state index in [-0.39, 0.29) is 0 Å². The Morgan fingerprint density at radius 3 is 2.53 bits per heavy atom. The standard InChI is InChI=1S/C13H20N2O4/c1-8(2)3-5-12(17)13(14)9-4-6-11(16)10(7-9)15(18)19/h4,6-8,12-13,16-17H,3,5,14H2,1-2H3/t12-,13+/m1/s1. The smallest absolute Gasteiger partial charge is 0.311 e. The topological polar surface area (TPSA) is 110 Å². The van der Waals surface area contributed by atoms with Crippen molar-refractivity contribution in [1.82, 2.24) is 0 Å². The number of hydrogen-bond donors (Lipinski definition) is 3. The van der Waals surface area contributed by atoms with Crippen LogP contribution in [0.5, 0.6) is 5.75 Å². The summed E-state index contributed by atoms with van der Waals surface area (Å²) in [4.78, 5) is 10.0. The Kier molecular flexibility index (Phi) is 5.26. The number of nitro benzene ring substituents is 1. The van der Waals surface area contributed by atoms with Crippen LogP contribution in [0.2, 0.25) is 0 Å². The van der Waals surface area contributed by atoms with Gasteiger partial charge in [-0.2, -0.15) is 0 Å². The van der Waals surface area contributed by atoms with E-state index in [1.165, 1.54) is 18.2 Å². The summed E-state index contributed by atoms with van der Waals surface area (Å²) in [5.74, 6) is 0.0497. The number of nitro groups is 1. The van der Waals surface area contributed by atoms with E-state index in [4.69, 9.17) is 5.73 Å². The van der Waals surface area contributed by atoms with Gasteiger partial charge in [-0.15, -0.1) is 0 Å². The molecule has 0 radical (unpaired) electrons. The second-order valence-corrected chi connectivity index (χ2v) is 5.07. The molecule has 1 aromatic rings. The minimum Gasteiger partial charge on any atom is -0.502 e. The highest BCUT2D eigenvalue weighted by Crippen LogP contribution is 2.29. The Morgan fingerprint density at radius 1 is 1.37 bits per heavy atom. The molecule has 19 heavy (non-hydrogen) atoms. The predicted molar refractivity (Wildman–Crippen MR) is 71.8 cm³/mol. The first-order valence-electron chi connectivity index (χ1n) is 6.24. The zero-order valence-corrected chi connectivity index (χ0v) is 11.1. The van der Waals surface area contributed by atoms with Crippen LogP contribution in [0.1, 0.15) is 38.3 Å². The number of phenolic OH excluding ortho intramolecular Hbond substituents is 1. The lowest BCUT2D eigenvalue weighted by molar-refractivity contribution is -0.385. The number of hydrogen-bond acceptors (Lipinski definition) is 5. The summed E-state index contributed by atoms with van der Waals surface area (Å²) in [5, 5.41) is 30.0. The molecule has 0 aliphatic carbocycles. The molecular formula is C13H20N2O4. The number of aliphatic hydroxyl groups is 1. The molecule has 0 aromatic heterocycles. The van der Waals surface area contributed by atoms with Gasteiger partial charge in [0.2, 0.25) is 0 Å². The summed E-state index contributed by atoms with van der Waals surface area (Å²) in [6, 6.07) is 3.23. The average Bonchev–Trinajstić information content (AvgIpc) is 2.35. The molecule has 6 heteroatoms. The van der Waals surface area contributed by atoms with Gasteiger partial charge in [-0.3, -0.25) is 10.1 Å². The number of nitrogens with zero attached hydrogens (tertiary/aromatic N) is 1. The number of benzene rings is 1. The highest BCUT2D eigenvalue weighted by atomic mass is 16.6. The van der Waals surface area contributed by atoms with Crippen LogP contribution < -0.4 is 5.73 Å². The van der Waals surface area contributed by atoms with Crippen LogP contribution >= 0.6 is 0 Å². The van der Waals surface area contributed by atoms with Crippen LogP contribution in [-0.2, 0) is 0 Å².